The van der Waals surface area contributed by atoms with Gasteiger partial charge in [-0.1, -0.05) is 60.3 Å². The summed E-state index contributed by atoms with van der Waals surface area (Å²) in [5, 5.41) is 22.6. The fraction of sp³-hybridized carbons (Fsp3) is 0.130. The first-order valence-electron chi connectivity index (χ1n) is 9.84. The number of carbonyl (C=O) groups excluding carboxylic acids is 1. The second-order valence-electron chi connectivity index (χ2n) is 6.85. The minimum Gasteiger partial charge on any atom is -0.507 e. The Hall–Kier alpha value is -3.43. The lowest BCUT2D eigenvalue weighted by atomic mass is 10.1. The molecule has 0 atom stereocenters. The van der Waals surface area contributed by atoms with Gasteiger partial charge in [0.15, 0.2) is 16.1 Å². The molecule has 2 heterocycles. The van der Waals surface area contributed by atoms with Gasteiger partial charge in [0.2, 0.25) is 5.91 Å². The first-order chi connectivity index (χ1) is 15.6. The van der Waals surface area contributed by atoms with Crippen molar-refractivity contribution in [2.45, 2.75) is 18.6 Å². The minimum atomic E-state index is -0.180. The Morgan fingerprint density at radius 1 is 1.19 bits per heavy atom. The normalized spacial score (nSPS) is 10.8. The van der Waals surface area contributed by atoms with Crippen LogP contribution < -0.4 is 5.32 Å². The number of nitrogens with zero attached hydrogens (tertiary/aromatic N) is 4. The van der Waals surface area contributed by atoms with Gasteiger partial charge in [-0.05, 0) is 19.1 Å². The molecule has 0 unspecified atom stereocenters. The molecule has 2 aromatic heterocycles. The van der Waals surface area contributed by atoms with Crippen LogP contribution in [-0.2, 0) is 11.3 Å². The number of aromatic hydroxyl groups is 1. The van der Waals surface area contributed by atoms with E-state index in [0.717, 1.165) is 16.1 Å². The maximum atomic E-state index is 12.6. The van der Waals surface area contributed by atoms with Crippen LogP contribution in [0, 0.1) is 6.92 Å². The highest BCUT2D eigenvalue weighted by Crippen LogP contribution is 2.32. The van der Waals surface area contributed by atoms with Crippen molar-refractivity contribution in [2.24, 2.45) is 0 Å². The number of aromatic nitrogens is 4. The molecule has 2 N–H and O–H groups in total. The number of amides is 1. The lowest BCUT2D eigenvalue weighted by Crippen LogP contribution is -2.14. The summed E-state index contributed by atoms with van der Waals surface area (Å²) in [5.74, 6) is 0.609. The first-order valence-corrected chi connectivity index (χ1v) is 11.6. The largest absolute Gasteiger partial charge is 0.507 e. The Morgan fingerprint density at radius 2 is 1.94 bits per heavy atom. The zero-order valence-electron chi connectivity index (χ0n) is 17.4. The van der Waals surface area contributed by atoms with E-state index in [1.165, 1.54) is 23.1 Å². The quantitative estimate of drug-likeness (QED) is 0.282. The number of hydrogen-bond donors (Lipinski definition) is 2. The first kappa shape index (κ1) is 21.8. The molecule has 4 rings (SSSR count). The van der Waals surface area contributed by atoms with Crippen molar-refractivity contribution in [3.8, 4) is 28.4 Å². The van der Waals surface area contributed by atoms with Crippen molar-refractivity contribution in [1.82, 2.24) is 19.7 Å². The highest BCUT2D eigenvalue weighted by molar-refractivity contribution is 7.99. The molecule has 9 heteroatoms. The Balaban J connectivity index is 1.46. The predicted octanol–water partition coefficient (Wildman–Crippen LogP) is 5.00. The average Bonchev–Trinajstić information content (AvgIpc) is 3.36. The molecule has 0 fully saturated rings. The average molecular weight is 464 g/mol. The van der Waals surface area contributed by atoms with Crippen LogP contribution in [0.3, 0.4) is 0 Å². The van der Waals surface area contributed by atoms with E-state index < -0.39 is 0 Å². The van der Waals surface area contributed by atoms with Crippen LogP contribution in [0.15, 0.2) is 72.4 Å². The lowest BCUT2D eigenvalue weighted by molar-refractivity contribution is -0.113. The standard InChI is InChI=1S/C23H21N5O2S2/c1-3-13-28-21(17-11-7-8-12-18(17)29)26-27-23(28)31-14-19(30)24-22-25-20(15(2)32-22)16-9-5-4-6-10-16/h3-12,29H,1,13-14H2,2H3,(H,24,25,30). The smallest absolute Gasteiger partial charge is 0.236 e. The van der Waals surface area contributed by atoms with Gasteiger partial charge in [-0.3, -0.25) is 9.36 Å². The number of aryl methyl sites for hydroxylation is 1. The zero-order chi connectivity index (χ0) is 22.5. The Kier molecular flexibility index (Phi) is 6.67. The molecule has 0 bridgehead atoms. The van der Waals surface area contributed by atoms with E-state index >= 15 is 0 Å². The maximum absolute atomic E-state index is 12.6. The summed E-state index contributed by atoms with van der Waals surface area (Å²) >= 11 is 2.71. The molecular weight excluding hydrogens is 442 g/mol. The third-order valence-corrected chi connectivity index (χ3v) is 6.45. The van der Waals surface area contributed by atoms with Crippen molar-refractivity contribution >= 4 is 34.1 Å². The van der Waals surface area contributed by atoms with Gasteiger partial charge in [0, 0.05) is 17.0 Å². The van der Waals surface area contributed by atoms with Crippen molar-refractivity contribution in [1.29, 1.82) is 0 Å². The SMILES string of the molecule is C=CCn1c(SCC(=O)Nc2nc(-c3ccccc3)c(C)s2)nnc1-c1ccccc1O. The van der Waals surface area contributed by atoms with Crippen LogP contribution in [0.2, 0.25) is 0 Å². The Bertz CT molecular complexity index is 1250. The third kappa shape index (κ3) is 4.74. The minimum absolute atomic E-state index is 0.118. The monoisotopic (exact) mass is 463 g/mol. The van der Waals surface area contributed by atoms with Gasteiger partial charge in [-0.25, -0.2) is 4.98 Å². The van der Waals surface area contributed by atoms with Crippen molar-refractivity contribution in [3.63, 3.8) is 0 Å². The molecule has 7 nitrogen and oxygen atoms in total. The number of phenolic OH excluding ortho intramolecular Hbond substituents is 1. The molecule has 2 aromatic carbocycles. The van der Waals surface area contributed by atoms with Crippen molar-refractivity contribution in [3.05, 3.63) is 72.1 Å². The molecule has 4 aromatic rings. The summed E-state index contributed by atoms with van der Waals surface area (Å²) in [6.45, 7) is 6.23. The van der Waals surface area contributed by atoms with E-state index in [0.29, 0.717) is 28.2 Å². The van der Waals surface area contributed by atoms with Gasteiger partial charge in [-0.15, -0.1) is 28.1 Å². The van der Waals surface area contributed by atoms with E-state index in [1.807, 2.05) is 47.9 Å². The van der Waals surface area contributed by atoms with Gasteiger partial charge >= 0.3 is 0 Å². The third-order valence-electron chi connectivity index (χ3n) is 4.60. The number of hydrogen-bond acceptors (Lipinski definition) is 7. The molecule has 162 valence electrons. The van der Waals surface area contributed by atoms with E-state index in [9.17, 15) is 9.90 Å². The molecular formula is C23H21N5O2S2. The summed E-state index contributed by atoms with van der Waals surface area (Å²) in [4.78, 5) is 18.2. The molecule has 0 aliphatic rings. The van der Waals surface area contributed by atoms with Crippen LogP contribution >= 0.6 is 23.1 Å². The fourth-order valence-corrected chi connectivity index (χ4v) is 4.75. The number of benzene rings is 2. The summed E-state index contributed by atoms with van der Waals surface area (Å²) in [7, 11) is 0. The second-order valence-corrected chi connectivity index (χ2v) is 8.99. The maximum Gasteiger partial charge on any atom is 0.236 e. The summed E-state index contributed by atoms with van der Waals surface area (Å²) in [5.41, 5.74) is 2.46. The number of nitrogens with one attached hydrogen (secondary N) is 1. The Labute approximate surface area is 193 Å². The van der Waals surface area contributed by atoms with Gasteiger partial charge in [0.1, 0.15) is 5.75 Å². The van der Waals surface area contributed by atoms with Crippen molar-refractivity contribution < 1.29 is 9.90 Å². The van der Waals surface area contributed by atoms with Crippen molar-refractivity contribution in [2.75, 3.05) is 11.1 Å². The predicted molar refractivity (Wildman–Crippen MR) is 129 cm³/mol. The molecule has 0 radical (unpaired) electrons. The van der Waals surface area contributed by atoms with E-state index in [4.69, 9.17) is 0 Å². The number of para-hydroxylation sites is 1. The number of thioether (sulfide) groups is 1. The number of allylic oxidation sites excluding steroid dienone is 1. The van der Waals surface area contributed by atoms with Crippen LogP contribution in [0.1, 0.15) is 4.88 Å². The van der Waals surface area contributed by atoms with Gasteiger partial charge in [0.05, 0.1) is 17.0 Å². The molecule has 0 saturated heterocycles. The second kappa shape index (κ2) is 9.80. The van der Waals surface area contributed by atoms with E-state index in [-0.39, 0.29) is 17.4 Å². The molecule has 32 heavy (non-hydrogen) atoms. The number of thiazole rings is 1. The van der Waals surface area contributed by atoms with Gasteiger partial charge in [0.25, 0.3) is 0 Å². The molecule has 0 aliphatic carbocycles. The fourth-order valence-electron chi connectivity index (χ4n) is 3.15. The highest BCUT2D eigenvalue weighted by Gasteiger charge is 2.18. The topological polar surface area (TPSA) is 92.9 Å². The number of anilines is 1. The number of rotatable bonds is 8. The van der Waals surface area contributed by atoms with Crippen LogP contribution in [0.25, 0.3) is 22.6 Å². The van der Waals surface area contributed by atoms with Crippen LogP contribution in [0.5, 0.6) is 5.75 Å². The number of phenols is 1. The van der Waals surface area contributed by atoms with Crippen LogP contribution in [-0.4, -0.2) is 36.5 Å². The van der Waals surface area contributed by atoms with Crippen LogP contribution in [0.4, 0.5) is 5.13 Å². The van der Waals surface area contributed by atoms with E-state index in [2.05, 4.69) is 27.1 Å². The van der Waals surface area contributed by atoms with E-state index in [1.54, 1.807) is 24.3 Å². The molecule has 0 aliphatic heterocycles. The summed E-state index contributed by atoms with van der Waals surface area (Å²) in [6, 6.07) is 16.8. The highest BCUT2D eigenvalue weighted by atomic mass is 32.2. The molecule has 0 saturated carbocycles. The Morgan fingerprint density at radius 3 is 2.69 bits per heavy atom. The summed E-state index contributed by atoms with van der Waals surface area (Å²) < 4.78 is 1.82. The zero-order valence-corrected chi connectivity index (χ0v) is 19.0. The van der Waals surface area contributed by atoms with Gasteiger partial charge in [-0.2, -0.15) is 0 Å². The molecule has 1 amide bonds. The van der Waals surface area contributed by atoms with Gasteiger partial charge < -0.3 is 10.4 Å². The lowest BCUT2D eigenvalue weighted by Gasteiger charge is -2.08. The number of carbonyl (C=O) groups is 1. The molecule has 0 spiro atoms. The summed E-state index contributed by atoms with van der Waals surface area (Å²) in [6.07, 6.45) is 1.72.